The molecule has 0 bridgehead atoms. The summed E-state index contributed by atoms with van der Waals surface area (Å²) in [5.41, 5.74) is 0.443. The molecule has 7 heteroatoms. The van der Waals surface area contributed by atoms with Gasteiger partial charge in [-0.25, -0.2) is 9.59 Å². The van der Waals surface area contributed by atoms with Crippen LogP contribution in [0.2, 0.25) is 5.02 Å². The van der Waals surface area contributed by atoms with Crippen LogP contribution in [0.1, 0.15) is 33.3 Å². The summed E-state index contributed by atoms with van der Waals surface area (Å²) in [4.78, 5) is 27.5. The van der Waals surface area contributed by atoms with Crippen LogP contribution in [0.15, 0.2) is 24.3 Å². The van der Waals surface area contributed by atoms with E-state index >= 15 is 0 Å². The molecule has 1 amide bonds. The van der Waals surface area contributed by atoms with Gasteiger partial charge in [0.05, 0.1) is 0 Å². The molecule has 1 saturated heterocycles. The van der Waals surface area contributed by atoms with Crippen LogP contribution < -0.4 is 0 Å². The molecule has 0 saturated carbocycles. The molecule has 1 aliphatic heterocycles. The minimum atomic E-state index is -1.02. The Labute approximate surface area is 159 Å². The summed E-state index contributed by atoms with van der Waals surface area (Å²) in [6, 6.07) is 6.77. The van der Waals surface area contributed by atoms with Crippen molar-refractivity contribution in [3.63, 3.8) is 0 Å². The van der Waals surface area contributed by atoms with Crippen molar-refractivity contribution in [2.75, 3.05) is 19.6 Å². The van der Waals surface area contributed by atoms with Crippen LogP contribution in [0, 0.1) is 0 Å². The predicted octanol–water partition coefficient (Wildman–Crippen LogP) is 3.28. The highest BCUT2D eigenvalue weighted by atomic mass is 35.5. The second kappa shape index (κ2) is 8.27. The lowest BCUT2D eigenvalue weighted by Gasteiger charge is -2.43. The number of hydrogen-bond acceptors (Lipinski definition) is 4. The van der Waals surface area contributed by atoms with E-state index in [0.29, 0.717) is 18.1 Å². The number of carboxylic acid groups (broad SMARTS) is 1. The first-order valence-electron chi connectivity index (χ1n) is 8.78. The van der Waals surface area contributed by atoms with Crippen LogP contribution in [0.4, 0.5) is 4.79 Å². The fourth-order valence-electron chi connectivity index (χ4n) is 3.04. The fourth-order valence-corrected chi connectivity index (χ4v) is 3.25. The van der Waals surface area contributed by atoms with Crippen molar-refractivity contribution in [3.05, 3.63) is 34.9 Å². The van der Waals surface area contributed by atoms with Gasteiger partial charge in [0.1, 0.15) is 11.6 Å². The first-order valence-corrected chi connectivity index (χ1v) is 9.15. The number of piperazine rings is 1. The van der Waals surface area contributed by atoms with E-state index in [4.69, 9.17) is 16.3 Å². The minimum absolute atomic E-state index is 0.0392. The fraction of sp³-hybridized carbons (Fsp3) is 0.579. The van der Waals surface area contributed by atoms with E-state index in [0.717, 1.165) is 12.0 Å². The first-order chi connectivity index (χ1) is 12.1. The Hall–Kier alpha value is -1.79. The predicted molar refractivity (Wildman–Crippen MR) is 101 cm³/mol. The lowest BCUT2D eigenvalue weighted by molar-refractivity contribution is -0.146. The van der Waals surface area contributed by atoms with Crippen molar-refractivity contribution in [3.8, 4) is 0 Å². The molecule has 2 rings (SSSR count). The van der Waals surface area contributed by atoms with Crippen molar-refractivity contribution in [1.82, 2.24) is 9.80 Å². The number of aliphatic carboxylic acids is 1. The van der Waals surface area contributed by atoms with Gasteiger partial charge in [-0.2, -0.15) is 0 Å². The van der Waals surface area contributed by atoms with Crippen LogP contribution in [-0.4, -0.2) is 64.3 Å². The number of ether oxygens (including phenoxy) is 1. The summed E-state index contributed by atoms with van der Waals surface area (Å²) in [6.45, 7) is 8.60. The quantitative estimate of drug-likeness (QED) is 0.865. The molecule has 1 heterocycles. The van der Waals surface area contributed by atoms with Gasteiger partial charge in [0.25, 0.3) is 0 Å². The average molecular weight is 383 g/mol. The number of carbonyl (C=O) groups excluding carboxylic acids is 1. The Morgan fingerprint density at radius 2 is 2.00 bits per heavy atom. The van der Waals surface area contributed by atoms with E-state index in [1.807, 2.05) is 31.2 Å². The van der Waals surface area contributed by atoms with Gasteiger partial charge in [0.2, 0.25) is 0 Å². The SMILES string of the molecule is CC1CN(C(=O)OC(C)(C)C)C(C(=O)O)CN1CCc1cccc(Cl)c1. The largest absolute Gasteiger partial charge is 0.480 e. The monoisotopic (exact) mass is 382 g/mol. The van der Waals surface area contributed by atoms with Crippen molar-refractivity contribution in [2.45, 2.75) is 51.8 Å². The molecule has 1 aromatic rings. The topological polar surface area (TPSA) is 70.1 Å². The lowest BCUT2D eigenvalue weighted by Crippen LogP contribution is -2.62. The lowest BCUT2D eigenvalue weighted by atomic mass is 10.1. The van der Waals surface area contributed by atoms with E-state index in [1.54, 1.807) is 20.8 Å². The third-order valence-corrected chi connectivity index (χ3v) is 4.59. The molecule has 0 aromatic heterocycles. The van der Waals surface area contributed by atoms with Gasteiger partial charge >= 0.3 is 12.1 Å². The smallest absolute Gasteiger partial charge is 0.411 e. The summed E-state index contributed by atoms with van der Waals surface area (Å²) in [7, 11) is 0. The number of rotatable bonds is 4. The van der Waals surface area contributed by atoms with Crippen molar-refractivity contribution < 1.29 is 19.4 Å². The van der Waals surface area contributed by atoms with Gasteiger partial charge in [0.15, 0.2) is 0 Å². The van der Waals surface area contributed by atoms with E-state index in [9.17, 15) is 14.7 Å². The summed E-state index contributed by atoms with van der Waals surface area (Å²) in [6.07, 6.45) is 0.190. The Morgan fingerprint density at radius 1 is 1.31 bits per heavy atom. The number of benzene rings is 1. The second-order valence-electron chi connectivity index (χ2n) is 7.71. The Morgan fingerprint density at radius 3 is 2.58 bits per heavy atom. The van der Waals surface area contributed by atoms with E-state index in [2.05, 4.69) is 4.90 Å². The number of carbonyl (C=O) groups is 2. The Kier molecular flexibility index (Phi) is 6.53. The Bertz CT molecular complexity index is 659. The van der Waals surface area contributed by atoms with Gasteiger partial charge < -0.3 is 9.84 Å². The maximum absolute atomic E-state index is 12.4. The molecular weight excluding hydrogens is 356 g/mol. The van der Waals surface area contributed by atoms with Crippen molar-refractivity contribution >= 4 is 23.7 Å². The highest BCUT2D eigenvalue weighted by Crippen LogP contribution is 2.20. The number of halogens is 1. The molecule has 2 unspecified atom stereocenters. The molecule has 26 heavy (non-hydrogen) atoms. The normalized spacial score (nSPS) is 21.5. The second-order valence-corrected chi connectivity index (χ2v) is 8.15. The summed E-state index contributed by atoms with van der Waals surface area (Å²) >= 11 is 6.02. The zero-order valence-corrected chi connectivity index (χ0v) is 16.5. The highest BCUT2D eigenvalue weighted by molar-refractivity contribution is 6.30. The molecule has 1 aromatic carbocycles. The standard InChI is InChI=1S/C19H27ClN2O4/c1-13-11-22(18(25)26-19(2,3)4)16(17(23)24)12-21(13)9-8-14-6-5-7-15(20)10-14/h5-7,10,13,16H,8-9,11-12H2,1-4H3,(H,23,24). The van der Waals surface area contributed by atoms with Gasteiger partial charge in [-0.15, -0.1) is 0 Å². The van der Waals surface area contributed by atoms with Crippen LogP contribution in [-0.2, 0) is 16.0 Å². The molecule has 0 aliphatic carbocycles. The third kappa shape index (κ3) is 5.61. The Balaban J connectivity index is 2.04. The molecule has 1 aliphatic rings. The highest BCUT2D eigenvalue weighted by Gasteiger charge is 2.40. The number of hydrogen-bond donors (Lipinski definition) is 1. The van der Waals surface area contributed by atoms with Gasteiger partial charge in [-0.1, -0.05) is 23.7 Å². The van der Waals surface area contributed by atoms with Crippen molar-refractivity contribution in [1.29, 1.82) is 0 Å². The van der Waals surface area contributed by atoms with Crippen LogP contribution >= 0.6 is 11.6 Å². The first kappa shape index (κ1) is 20.5. The van der Waals surface area contributed by atoms with Crippen LogP contribution in [0.5, 0.6) is 0 Å². The zero-order chi connectivity index (χ0) is 19.5. The number of nitrogens with zero attached hydrogens (tertiary/aromatic N) is 2. The molecule has 1 N–H and O–H groups in total. The van der Waals surface area contributed by atoms with Gasteiger partial charge in [-0.05, 0) is 51.8 Å². The van der Waals surface area contributed by atoms with E-state index in [-0.39, 0.29) is 12.6 Å². The van der Waals surface area contributed by atoms with Crippen molar-refractivity contribution in [2.24, 2.45) is 0 Å². The number of amides is 1. The summed E-state index contributed by atoms with van der Waals surface area (Å²) < 4.78 is 5.37. The zero-order valence-electron chi connectivity index (χ0n) is 15.7. The molecule has 1 fully saturated rings. The van der Waals surface area contributed by atoms with E-state index in [1.165, 1.54) is 4.90 Å². The van der Waals surface area contributed by atoms with Crippen LogP contribution in [0.25, 0.3) is 0 Å². The molecule has 0 radical (unpaired) electrons. The van der Waals surface area contributed by atoms with Gasteiger partial charge in [0, 0.05) is 30.7 Å². The van der Waals surface area contributed by atoms with E-state index < -0.39 is 23.7 Å². The molecule has 144 valence electrons. The average Bonchev–Trinajstić information content (AvgIpc) is 2.51. The minimum Gasteiger partial charge on any atom is -0.480 e. The summed E-state index contributed by atoms with van der Waals surface area (Å²) in [5.74, 6) is -1.02. The molecule has 6 nitrogen and oxygen atoms in total. The van der Waals surface area contributed by atoms with Gasteiger partial charge in [-0.3, -0.25) is 9.80 Å². The third-order valence-electron chi connectivity index (χ3n) is 4.36. The summed E-state index contributed by atoms with van der Waals surface area (Å²) in [5, 5.41) is 10.3. The molecular formula is C19H27ClN2O4. The number of carboxylic acids is 1. The molecule has 0 spiro atoms. The van der Waals surface area contributed by atoms with Crippen LogP contribution in [0.3, 0.4) is 0 Å². The molecule has 2 atom stereocenters. The maximum Gasteiger partial charge on any atom is 0.411 e. The maximum atomic E-state index is 12.4.